The van der Waals surface area contributed by atoms with Gasteiger partial charge in [0.2, 0.25) is 0 Å². The molecule has 120 valence electrons. The van der Waals surface area contributed by atoms with Crippen molar-refractivity contribution in [3.63, 3.8) is 0 Å². The van der Waals surface area contributed by atoms with Gasteiger partial charge in [-0.2, -0.15) is 0 Å². The monoisotopic (exact) mass is 316 g/mol. The van der Waals surface area contributed by atoms with Gasteiger partial charge in [0.05, 0.1) is 0 Å². The molecule has 4 rings (SSSR count). The van der Waals surface area contributed by atoms with Crippen LogP contribution in [0.15, 0.2) is 54.6 Å². The molecule has 0 atom stereocenters. The van der Waals surface area contributed by atoms with Crippen molar-refractivity contribution in [2.75, 3.05) is 0 Å². The topological polar surface area (TPSA) is 37.3 Å². The third kappa shape index (κ3) is 2.58. The van der Waals surface area contributed by atoms with Gasteiger partial charge in [0, 0.05) is 6.42 Å². The van der Waals surface area contributed by atoms with Crippen molar-refractivity contribution < 1.29 is 9.90 Å². The number of aliphatic carboxylic acids is 1. The number of carboxylic acid groups (broad SMARTS) is 1. The van der Waals surface area contributed by atoms with Crippen LogP contribution in [0.4, 0.5) is 0 Å². The maximum absolute atomic E-state index is 10.8. The van der Waals surface area contributed by atoms with Gasteiger partial charge in [0.15, 0.2) is 0 Å². The average Bonchev–Trinajstić information content (AvgIpc) is 2.61. The van der Waals surface area contributed by atoms with E-state index >= 15 is 0 Å². The Morgan fingerprint density at radius 2 is 1.62 bits per heavy atom. The summed E-state index contributed by atoms with van der Waals surface area (Å²) in [6, 6.07) is 19.5. The molecule has 1 aliphatic carbocycles. The lowest BCUT2D eigenvalue weighted by atomic mass is 9.81. The summed E-state index contributed by atoms with van der Waals surface area (Å²) < 4.78 is 0. The lowest BCUT2D eigenvalue weighted by Gasteiger charge is -2.23. The molecule has 24 heavy (non-hydrogen) atoms. The largest absolute Gasteiger partial charge is 0.481 e. The SMILES string of the molecule is O=C(O)CCCc1cc2c(c3ccccc13)-c1ccccc1CC2. The van der Waals surface area contributed by atoms with Gasteiger partial charge in [-0.25, -0.2) is 0 Å². The maximum atomic E-state index is 10.8. The minimum absolute atomic E-state index is 0.230. The van der Waals surface area contributed by atoms with Crippen LogP contribution in [0.2, 0.25) is 0 Å². The molecular formula is C22H20O2. The molecule has 3 aromatic rings. The minimum Gasteiger partial charge on any atom is -0.481 e. The van der Waals surface area contributed by atoms with Gasteiger partial charge < -0.3 is 5.11 Å². The molecule has 0 spiro atoms. The Morgan fingerprint density at radius 3 is 2.46 bits per heavy atom. The van der Waals surface area contributed by atoms with Gasteiger partial charge in [0.25, 0.3) is 0 Å². The second kappa shape index (κ2) is 6.12. The molecule has 0 bridgehead atoms. The van der Waals surface area contributed by atoms with E-state index < -0.39 is 5.97 Å². The quantitative estimate of drug-likeness (QED) is 0.734. The van der Waals surface area contributed by atoms with E-state index in [1.165, 1.54) is 38.6 Å². The molecule has 3 aromatic carbocycles. The number of carbonyl (C=O) groups is 1. The van der Waals surface area contributed by atoms with Crippen molar-refractivity contribution in [1.29, 1.82) is 0 Å². The second-order valence-electron chi connectivity index (χ2n) is 6.52. The highest BCUT2D eigenvalue weighted by Crippen LogP contribution is 2.40. The van der Waals surface area contributed by atoms with E-state index in [9.17, 15) is 4.79 Å². The average molecular weight is 316 g/mol. The van der Waals surface area contributed by atoms with Crippen LogP contribution in [-0.4, -0.2) is 11.1 Å². The van der Waals surface area contributed by atoms with Gasteiger partial charge in [-0.1, -0.05) is 54.6 Å². The number of rotatable bonds is 4. The van der Waals surface area contributed by atoms with Crippen LogP contribution in [0.25, 0.3) is 21.9 Å². The minimum atomic E-state index is -0.716. The zero-order valence-electron chi connectivity index (χ0n) is 13.6. The standard InChI is InChI=1S/C22H20O2/c23-21(24)11-5-7-16-14-17-13-12-15-6-1-2-9-19(15)22(17)20-10-4-3-8-18(16)20/h1-4,6,8-10,14H,5,7,11-13H2,(H,23,24). The van der Waals surface area contributed by atoms with E-state index in [4.69, 9.17) is 5.11 Å². The summed E-state index contributed by atoms with van der Waals surface area (Å²) in [5.74, 6) is -0.716. The molecule has 0 fully saturated rings. The Labute approximate surface area is 141 Å². The van der Waals surface area contributed by atoms with Gasteiger partial charge in [-0.15, -0.1) is 0 Å². The maximum Gasteiger partial charge on any atom is 0.303 e. The van der Waals surface area contributed by atoms with Crippen molar-refractivity contribution in [3.8, 4) is 11.1 Å². The van der Waals surface area contributed by atoms with E-state index in [0.717, 1.165) is 19.3 Å². The summed E-state index contributed by atoms with van der Waals surface area (Å²) in [6.07, 6.45) is 3.88. The van der Waals surface area contributed by atoms with Crippen molar-refractivity contribution in [1.82, 2.24) is 0 Å². The zero-order valence-corrected chi connectivity index (χ0v) is 13.6. The summed E-state index contributed by atoms with van der Waals surface area (Å²) >= 11 is 0. The molecule has 0 unspecified atom stereocenters. The van der Waals surface area contributed by atoms with Gasteiger partial charge in [-0.3, -0.25) is 4.79 Å². The molecule has 0 saturated heterocycles. The number of hydrogen-bond acceptors (Lipinski definition) is 1. The van der Waals surface area contributed by atoms with Gasteiger partial charge in [0.1, 0.15) is 0 Å². The Bertz CT molecular complexity index is 924. The van der Waals surface area contributed by atoms with Gasteiger partial charge in [-0.05, 0) is 64.3 Å². The predicted molar refractivity (Wildman–Crippen MR) is 97.4 cm³/mol. The molecule has 0 amide bonds. The first-order valence-electron chi connectivity index (χ1n) is 8.57. The first-order chi connectivity index (χ1) is 11.7. The molecule has 1 N–H and O–H groups in total. The third-order valence-corrected chi connectivity index (χ3v) is 5.00. The van der Waals surface area contributed by atoms with E-state index in [-0.39, 0.29) is 6.42 Å². The van der Waals surface area contributed by atoms with Crippen molar-refractivity contribution in [3.05, 3.63) is 71.3 Å². The molecule has 0 aliphatic heterocycles. The van der Waals surface area contributed by atoms with E-state index in [0.29, 0.717) is 6.42 Å². The Hall–Kier alpha value is -2.61. The van der Waals surface area contributed by atoms with Crippen molar-refractivity contribution in [2.45, 2.75) is 32.1 Å². The van der Waals surface area contributed by atoms with E-state index in [1.807, 2.05) is 0 Å². The van der Waals surface area contributed by atoms with E-state index in [1.54, 1.807) is 0 Å². The Kier molecular flexibility index (Phi) is 3.81. The smallest absolute Gasteiger partial charge is 0.303 e. The molecule has 0 aromatic heterocycles. The number of benzene rings is 3. The lowest BCUT2D eigenvalue weighted by Crippen LogP contribution is -2.06. The summed E-state index contributed by atoms with van der Waals surface area (Å²) in [5.41, 5.74) is 6.83. The Balaban J connectivity index is 1.87. The van der Waals surface area contributed by atoms with Crippen LogP contribution in [0, 0.1) is 0 Å². The number of aryl methyl sites for hydroxylation is 3. The Morgan fingerprint density at radius 1 is 0.917 bits per heavy atom. The third-order valence-electron chi connectivity index (χ3n) is 5.00. The van der Waals surface area contributed by atoms with Crippen LogP contribution in [0.5, 0.6) is 0 Å². The highest BCUT2D eigenvalue weighted by atomic mass is 16.4. The normalized spacial score (nSPS) is 12.7. The van der Waals surface area contributed by atoms with Crippen LogP contribution < -0.4 is 0 Å². The fourth-order valence-corrected chi connectivity index (χ4v) is 3.92. The van der Waals surface area contributed by atoms with E-state index in [2.05, 4.69) is 54.6 Å². The van der Waals surface area contributed by atoms with Crippen LogP contribution in [-0.2, 0) is 24.1 Å². The number of hydrogen-bond donors (Lipinski definition) is 1. The van der Waals surface area contributed by atoms with Crippen molar-refractivity contribution in [2.24, 2.45) is 0 Å². The molecule has 0 saturated carbocycles. The second-order valence-corrected chi connectivity index (χ2v) is 6.52. The van der Waals surface area contributed by atoms with Gasteiger partial charge >= 0.3 is 5.97 Å². The number of carboxylic acids is 1. The molecule has 0 radical (unpaired) electrons. The highest BCUT2D eigenvalue weighted by molar-refractivity contribution is 6.01. The summed E-state index contributed by atoms with van der Waals surface area (Å²) in [4.78, 5) is 10.8. The molecule has 1 aliphatic rings. The molecule has 2 nitrogen and oxygen atoms in total. The van der Waals surface area contributed by atoms with Crippen molar-refractivity contribution >= 4 is 16.7 Å². The van der Waals surface area contributed by atoms with Crippen LogP contribution >= 0.6 is 0 Å². The molecular weight excluding hydrogens is 296 g/mol. The lowest BCUT2D eigenvalue weighted by molar-refractivity contribution is -0.137. The first kappa shape index (κ1) is 14.9. The van der Waals surface area contributed by atoms with Crippen LogP contribution in [0.1, 0.15) is 29.5 Å². The predicted octanol–water partition coefficient (Wildman–Crippen LogP) is 5.01. The fourth-order valence-electron chi connectivity index (χ4n) is 3.92. The summed E-state index contributed by atoms with van der Waals surface area (Å²) in [5, 5.41) is 11.5. The van der Waals surface area contributed by atoms with Crippen LogP contribution in [0.3, 0.4) is 0 Å². The fraction of sp³-hybridized carbons (Fsp3) is 0.227. The molecule has 0 heterocycles. The highest BCUT2D eigenvalue weighted by Gasteiger charge is 2.19. The summed E-state index contributed by atoms with van der Waals surface area (Å²) in [6.45, 7) is 0. The molecule has 2 heteroatoms. The summed E-state index contributed by atoms with van der Waals surface area (Å²) in [7, 11) is 0. The first-order valence-corrected chi connectivity index (χ1v) is 8.57. The zero-order chi connectivity index (χ0) is 16.5. The number of fused-ring (bicyclic) bond motifs is 5.